The van der Waals surface area contributed by atoms with E-state index >= 15 is 0 Å². The minimum atomic E-state index is 0.622. The molecule has 0 N–H and O–H groups in total. The maximum Gasteiger partial charge on any atom is 0.164 e. The molecule has 9 aromatic carbocycles. The van der Waals surface area contributed by atoms with Gasteiger partial charge in [0.05, 0.1) is 22.1 Å². The predicted octanol–water partition coefficient (Wildman–Crippen LogP) is 14.4. The summed E-state index contributed by atoms with van der Waals surface area (Å²) >= 11 is 0. The van der Waals surface area contributed by atoms with E-state index in [2.05, 4.69) is 173 Å². The van der Waals surface area contributed by atoms with Crippen LogP contribution in [0.5, 0.6) is 0 Å². The Balaban J connectivity index is 1.19. The van der Waals surface area contributed by atoms with Crippen LogP contribution in [0.3, 0.4) is 0 Å². The molecule has 0 aliphatic heterocycles. The second kappa shape index (κ2) is 14.7. The van der Waals surface area contributed by atoms with Crippen molar-refractivity contribution >= 4 is 43.6 Å². The largest absolute Gasteiger partial charge is 0.309 e. The summed E-state index contributed by atoms with van der Waals surface area (Å²) in [6.07, 6.45) is 0. The summed E-state index contributed by atoms with van der Waals surface area (Å²) in [7, 11) is 0. The first-order valence-corrected chi connectivity index (χ1v) is 21.0. The third-order valence-electron chi connectivity index (χ3n) is 11.9. The molecule has 0 fully saturated rings. The monoisotopic (exact) mass is 791 g/mol. The van der Waals surface area contributed by atoms with Gasteiger partial charge in [0, 0.05) is 60.7 Å². The zero-order chi connectivity index (χ0) is 41.0. The first kappa shape index (κ1) is 35.5. The number of para-hydroxylation sites is 3. The minimum absolute atomic E-state index is 0.622. The molecule has 62 heavy (non-hydrogen) atoms. The molecule has 12 aromatic rings. The number of hydrogen-bond donors (Lipinski definition) is 0. The van der Waals surface area contributed by atoms with E-state index in [0.717, 1.165) is 50.2 Å². The molecule has 0 atom stereocenters. The number of fused-ring (bicyclic) bond motifs is 6. The Kier molecular flexibility index (Phi) is 8.42. The molecule has 3 aromatic heterocycles. The van der Waals surface area contributed by atoms with Crippen LogP contribution in [-0.4, -0.2) is 24.1 Å². The van der Waals surface area contributed by atoms with Crippen LogP contribution in [0.2, 0.25) is 0 Å². The van der Waals surface area contributed by atoms with Crippen molar-refractivity contribution in [1.29, 1.82) is 0 Å². The van der Waals surface area contributed by atoms with Crippen molar-refractivity contribution in [3.05, 3.63) is 224 Å². The van der Waals surface area contributed by atoms with Gasteiger partial charge in [-0.1, -0.05) is 176 Å². The lowest BCUT2D eigenvalue weighted by Crippen LogP contribution is -2.01. The Morgan fingerprint density at radius 3 is 1.02 bits per heavy atom. The van der Waals surface area contributed by atoms with Crippen LogP contribution in [0, 0.1) is 0 Å². The lowest BCUT2D eigenvalue weighted by molar-refractivity contribution is 1.07. The van der Waals surface area contributed by atoms with Crippen LogP contribution in [-0.2, 0) is 0 Å². The van der Waals surface area contributed by atoms with Crippen LogP contribution in [0.1, 0.15) is 0 Å². The SMILES string of the molecule is c1ccc(-c2nc(-c3ccccc3)nc(-c3ccc(-n4c5ccccc5c5c(-c6ccccc6)c6c7ccccc7n(-c7ccccc7)c6c(-c6ccccc6)c54)cc3)n2)cc1. The van der Waals surface area contributed by atoms with E-state index in [4.69, 9.17) is 15.0 Å². The highest BCUT2D eigenvalue weighted by Crippen LogP contribution is 2.52. The first-order chi connectivity index (χ1) is 30.8. The Morgan fingerprint density at radius 1 is 0.258 bits per heavy atom. The number of rotatable bonds is 7. The van der Waals surface area contributed by atoms with E-state index in [9.17, 15) is 0 Å². The summed E-state index contributed by atoms with van der Waals surface area (Å²) in [6, 6.07) is 79.3. The predicted molar refractivity (Wildman–Crippen MR) is 256 cm³/mol. The molecule has 0 spiro atoms. The topological polar surface area (TPSA) is 48.5 Å². The van der Waals surface area contributed by atoms with Gasteiger partial charge in [0.15, 0.2) is 17.5 Å². The average Bonchev–Trinajstić information content (AvgIpc) is 3.88. The molecule has 5 nitrogen and oxygen atoms in total. The van der Waals surface area contributed by atoms with Gasteiger partial charge in [-0.15, -0.1) is 0 Å². The Bertz CT molecular complexity index is 3520. The fraction of sp³-hybridized carbons (Fsp3) is 0. The van der Waals surface area contributed by atoms with E-state index in [-0.39, 0.29) is 0 Å². The number of hydrogen-bond acceptors (Lipinski definition) is 3. The van der Waals surface area contributed by atoms with Crippen LogP contribution >= 0.6 is 0 Å². The highest BCUT2D eigenvalue weighted by atomic mass is 15.0. The van der Waals surface area contributed by atoms with E-state index in [0.29, 0.717) is 17.5 Å². The van der Waals surface area contributed by atoms with Crippen molar-refractivity contribution in [3.63, 3.8) is 0 Å². The smallest absolute Gasteiger partial charge is 0.164 e. The minimum Gasteiger partial charge on any atom is -0.309 e. The van der Waals surface area contributed by atoms with Crippen molar-refractivity contribution < 1.29 is 0 Å². The van der Waals surface area contributed by atoms with Gasteiger partial charge in [0.25, 0.3) is 0 Å². The van der Waals surface area contributed by atoms with E-state index in [1.807, 2.05) is 60.7 Å². The molecular weight excluding hydrogens is 755 g/mol. The maximum absolute atomic E-state index is 5.05. The van der Waals surface area contributed by atoms with Gasteiger partial charge in [0.2, 0.25) is 0 Å². The zero-order valence-corrected chi connectivity index (χ0v) is 33.6. The normalized spacial score (nSPS) is 11.5. The van der Waals surface area contributed by atoms with Crippen LogP contribution in [0.25, 0.3) is 111 Å². The Labute approximate surface area is 358 Å². The van der Waals surface area contributed by atoms with E-state index < -0.39 is 0 Å². The first-order valence-electron chi connectivity index (χ1n) is 21.0. The molecule has 0 unspecified atom stereocenters. The van der Waals surface area contributed by atoms with Gasteiger partial charge in [-0.2, -0.15) is 0 Å². The van der Waals surface area contributed by atoms with Gasteiger partial charge >= 0.3 is 0 Å². The quantitative estimate of drug-likeness (QED) is 0.162. The standard InChI is InChI=1S/C57H37N5/c1-6-20-38(21-7-1)49-51-45-30-16-18-32-47(45)61(43-28-14-5-15-29-43)53(51)50(39-22-8-2-9-23-39)54-52(49)46-31-17-19-33-48(46)62(54)44-36-34-42(35-37-44)57-59-55(40-24-10-3-11-25-40)58-56(60-57)41-26-12-4-13-27-41/h1-37H. The molecule has 5 heteroatoms. The number of nitrogens with zero attached hydrogens (tertiary/aromatic N) is 5. The molecule has 0 aliphatic carbocycles. The van der Waals surface area contributed by atoms with Gasteiger partial charge in [-0.25, -0.2) is 15.0 Å². The summed E-state index contributed by atoms with van der Waals surface area (Å²) in [5.74, 6) is 1.90. The fourth-order valence-electron chi connectivity index (χ4n) is 9.28. The van der Waals surface area contributed by atoms with Crippen molar-refractivity contribution in [1.82, 2.24) is 24.1 Å². The highest BCUT2D eigenvalue weighted by molar-refractivity contribution is 6.33. The summed E-state index contributed by atoms with van der Waals surface area (Å²) in [6.45, 7) is 0. The van der Waals surface area contributed by atoms with Crippen LogP contribution in [0.15, 0.2) is 224 Å². The second-order valence-electron chi connectivity index (χ2n) is 15.6. The number of benzene rings is 9. The van der Waals surface area contributed by atoms with Crippen molar-refractivity contribution in [2.24, 2.45) is 0 Å². The van der Waals surface area contributed by atoms with Gasteiger partial charge in [0.1, 0.15) is 0 Å². The van der Waals surface area contributed by atoms with Crippen molar-refractivity contribution in [2.45, 2.75) is 0 Å². The summed E-state index contributed by atoms with van der Waals surface area (Å²) < 4.78 is 4.94. The Hall–Kier alpha value is -8.41. The second-order valence-corrected chi connectivity index (χ2v) is 15.6. The van der Waals surface area contributed by atoms with Gasteiger partial charge < -0.3 is 9.13 Å². The maximum atomic E-state index is 5.05. The molecule has 0 bridgehead atoms. The summed E-state index contributed by atoms with van der Waals surface area (Å²) in [5.41, 5.74) is 14.3. The van der Waals surface area contributed by atoms with E-state index in [1.165, 1.54) is 43.8 Å². The van der Waals surface area contributed by atoms with Crippen molar-refractivity contribution in [2.75, 3.05) is 0 Å². The summed E-state index contributed by atoms with van der Waals surface area (Å²) in [4.78, 5) is 15.0. The molecule has 0 aliphatic rings. The molecular formula is C57H37N5. The molecule has 0 saturated carbocycles. The average molecular weight is 792 g/mol. The summed E-state index contributed by atoms with van der Waals surface area (Å²) in [5, 5.41) is 4.86. The third kappa shape index (κ3) is 5.75. The Morgan fingerprint density at radius 2 is 0.581 bits per heavy atom. The lowest BCUT2D eigenvalue weighted by Gasteiger charge is -2.19. The van der Waals surface area contributed by atoms with Crippen molar-refractivity contribution in [3.8, 4) is 67.8 Å². The van der Waals surface area contributed by atoms with Crippen LogP contribution < -0.4 is 0 Å². The lowest BCUT2D eigenvalue weighted by atomic mass is 9.89. The molecule has 0 amide bonds. The fourth-order valence-corrected chi connectivity index (χ4v) is 9.28. The molecule has 290 valence electrons. The molecule has 12 rings (SSSR count). The molecule has 0 radical (unpaired) electrons. The number of aromatic nitrogens is 5. The molecule has 3 heterocycles. The van der Waals surface area contributed by atoms with Crippen LogP contribution in [0.4, 0.5) is 0 Å². The zero-order valence-electron chi connectivity index (χ0n) is 33.6. The van der Waals surface area contributed by atoms with Gasteiger partial charge in [-0.05, 0) is 59.7 Å². The van der Waals surface area contributed by atoms with E-state index in [1.54, 1.807) is 0 Å². The third-order valence-corrected chi connectivity index (χ3v) is 11.9. The highest BCUT2D eigenvalue weighted by Gasteiger charge is 2.28. The van der Waals surface area contributed by atoms with Gasteiger partial charge in [-0.3, -0.25) is 0 Å². The molecule has 0 saturated heterocycles.